The summed E-state index contributed by atoms with van der Waals surface area (Å²) in [6.45, 7) is 3.72. The van der Waals surface area contributed by atoms with Crippen molar-refractivity contribution in [2.75, 3.05) is 4.72 Å². The van der Waals surface area contributed by atoms with Crippen LogP contribution in [0.25, 0.3) is 11.1 Å². The lowest BCUT2D eigenvalue weighted by atomic mass is 10.2. The van der Waals surface area contributed by atoms with E-state index in [2.05, 4.69) is 4.72 Å². The van der Waals surface area contributed by atoms with Crippen molar-refractivity contribution < 1.29 is 12.8 Å². The molecule has 0 radical (unpaired) electrons. The van der Waals surface area contributed by atoms with Gasteiger partial charge < -0.3 is 4.42 Å². The first kappa shape index (κ1) is 16.3. The van der Waals surface area contributed by atoms with Gasteiger partial charge in [0, 0.05) is 18.8 Å². The fraction of sp³-hybridized carbons (Fsp3) is 0.235. The zero-order valence-corrected chi connectivity index (χ0v) is 14.5. The molecule has 3 aromatic rings. The lowest BCUT2D eigenvalue weighted by Crippen LogP contribution is -2.14. The summed E-state index contributed by atoms with van der Waals surface area (Å²) in [7, 11) is -2.20. The van der Waals surface area contributed by atoms with Crippen molar-refractivity contribution >= 4 is 26.8 Å². The van der Waals surface area contributed by atoms with Gasteiger partial charge >= 0.3 is 5.76 Å². The molecule has 0 aliphatic heterocycles. The van der Waals surface area contributed by atoms with Crippen LogP contribution in [0.2, 0.25) is 0 Å². The van der Waals surface area contributed by atoms with Crippen LogP contribution in [0.1, 0.15) is 18.1 Å². The van der Waals surface area contributed by atoms with Crippen molar-refractivity contribution in [2.24, 2.45) is 7.05 Å². The number of aryl methyl sites for hydroxylation is 3. The number of hydrogen-bond acceptors (Lipinski definition) is 4. The molecule has 7 heteroatoms. The Hall–Kier alpha value is -2.54. The van der Waals surface area contributed by atoms with Crippen LogP contribution < -0.4 is 10.5 Å². The zero-order chi connectivity index (χ0) is 17.5. The molecule has 0 aliphatic carbocycles. The predicted molar refractivity (Wildman–Crippen MR) is 92.8 cm³/mol. The molecule has 6 nitrogen and oxygen atoms in total. The van der Waals surface area contributed by atoms with E-state index in [-0.39, 0.29) is 10.5 Å². The van der Waals surface area contributed by atoms with Crippen LogP contribution in [0.4, 0.5) is 5.69 Å². The molecular formula is C17H18N2O4S. The lowest BCUT2D eigenvalue weighted by molar-refractivity contribution is 0.527. The standard InChI is InChI=1S/C17H18N2O4S/c1-4-12-5-7-13(8-6-12)18-24(21,22)16-10-15-14(9-11(16)2)19(3)17(20)23-15/h5-10,18H,4H2,1-3H3. The third kappa shape index (κ3) is 2.82. The van der Waals surface area contributed by atoms with Gasteiger partial charge in [0.1, 0.15) is 0 Å². The maximum absolute atomic E-state index is 12.7. The Balaban J connectivity index is 2.03. The molecule has 0 atom stereocenters. The summed E-state index contributed by atoms with van der Waals surface area (Å²) in [5.41, 5.74) is 2.96. The molecule has 126 valence electrons. The van der Waals surface area contributed by atoms with Crippen LogP contribution >= 0.6 is 0 Å². The number of rotatable bonds is 4. The molecule has 0 fully saturated rings. The fourth-order valence-corrected chi connectivity index (χ4v) is 3.87. The zero-order valence-electron chi connectivity index (χ0n) is 13.7. The van der Waals surface area contributed by atoms with Crippen molar-refractivity contribution in [1.82, 2.24) is 4.57 Å². The van der Waals surface area contributed by atoms with Gasteiger partial charge in [-0.2, -0.15) is 0 Å². The Bertz CT molecular complexity index is 1060. The highest BCUT2D eigenvalue weighted by Crippen LogP contribution is 2.24. The smallest absolute Gasteiger partial charge is 0.408 e. The summed E-state index contributed by atoms with van der Waals surface area (Å²) >= 11 is 0. The van der Waals surface area contributed by atoms with Gasteiger partial charge in [-0.1, -0.05) is 19.1 Å². The van der Waals surface area contributed by atoms with Crippen molar-refractivity contribution in [2.45, 2.75) is 25.2 Å². The van der Waals surface area contributed by atoms with Gasteiger partial charge in [0.2, 0.25) is 0 Å². The number of benzene rings is 2. The molecule has 0 amide bonds. The molecule has 0 bridgehead atoms. The van der Waals surface area contributed by atoms with E-state index in [0.717, 1.165) is 12.0 Å². The highest BCUT2D eigenvalue weighted by molar-refractivity contribution is 7.92. The topological polar surface area (TPSA) is 81.3 Å². The van der Waals surface area contributed by atoms with Crippen molar-refractivity contribution in [3.63, 3.8) is 0 Å². The first-order valence-electron chi connectivity index (χ1n) is 7.54. The van der Waals surface area contributed by atoms with Gasteiger partial charge in [0.05, 0.1) is 10.4 Å². The summed E-state index contributed by atoms with van der Waals surface area (Å²) in [5, 5.41) is 0. The Morgan fingerprint density at radius 3 is 2.46 bits per heavy atom. The Morgan fingerprint density at radius 2 is 1.83 bits per heavy atom. The van der Waals surface area contributed by atoms with Crippen LogP contribution in [-0.4, -0.2) is 13.0 Å². The molecule has 3 rings (SSSR count). The molecule has 1 N–H and O–H groups in total. The summed E-state index contributed by atoms with van der Waals surface area (Å²) in [6.07, 6.45) is 0.885. The number of aromatic nitrogens is 1. The van der Waals surface area contributed by atoms with E-state index < -0.39 is 15.8 Å². The monoisotopic (exact) mass is 346 g/mol. The maximum Gasteiger partial charge on any atom is 0.419 e. The Kier molecular flexibility index (Phi) is 3.96. The molecule has 0 saturated heterocycles. The van der Waals surface area contributed by atoms with Crippen molar-refractivity contribution in [3.8, 4) is 0 Å². The maximum atomic E-state index is 12.7. The second kappa shape index (κ2) is 5.83. The van der Waals surface area contributed by atoms with Crippen LogP contribution in [0.5, 0.6) is 0 Å². The van der Waals surface area contributed by atoms with Gasteiger partial charge in [-0.05, 0) is 42.7 Å². The molecule has 1 aromatic heterocycles. The molecule has 1 heterocycles. The van der Waals surface area contributed by atoms with Gasteiger partial charge in [-0.15, -0.1) is 0 Å². The van der Waals surface area contributed by atoms with E-state index in [4.69, 9.17) is 4.42 Å². The van der Waals surface area contributed by atoms with E-state index in [1.54, 1.807) is 32.2 Å². The fourth-order valence-electron chi connectivity index (χ4n) is 2.57. The number of hydrogen-bond donors (Lipinski definition) is 1. The van der Waals surface area contributed by atoms with Crippen LogP contribution in [0, 0.1) is 6.92 Å². The lowest BCUT2D eigenvalue weighted by Gasteiger charge is -2.11. The largest absolute Gasteiger partial charge is 0.419 e. The molecule has 2 aromatic carbocycles. The first-order chi connectivity index (χ1) is 11.3. The molecular weight excluding hydrogens is 328 g/mol. The van der Waals surface area contributed by atoms with Gasteiger partial charge in [0.15, 0.2) is 5.58 Å². The van der Waals surface area contributed by atoms with Crippen LogP contribution in [0.15, 0.2) is 50.5 Å². The number of oxazole rings is 1. The third-order valence-electron chi connectivity index (χ3n) is 3.99. The average molecular weight is 346 g/mol. The van der Waals surface area contributed by atoms with Crippen LogP contribution in [0.3, 0.4) is 0 Å². The van der Waals surface area contributed by atoms with Gasteiger partial charge in [-0.25, -0.2) is 13.2 Å². The number of sulfonamides is 1. The van der Waals surface area contributed by atoms with E-state index in [1.807, 2.05) is 19.1 Å². The summed E-state index contributed by atoms with van der Waals surface area (Å²) < 4.78 is 34.3. The molecule has 0 aliphatic rings. The molecule has 0 spiro atoms. The molecule has 24 heavy (non-hydrogen) atoms. The second-order valence-electron chi connectivity index (χ2n) is 5.67. The number of fused-ring (bicyclic) bond motifs is 1. The average Bonchev–Trinajstić information content (AvgIpc) is 2.81. The highest BCUT2D eigenvalue weighted by Gasteiger charge is 2.20. The summed E-state index contributed by atoms with van der Waals surface area (Å²) in [5.74, 6) is -0.526. The quantitative estimate of drug-likeness (QED) is 0.787. The van der Waals surface area contributed by atoms with Crippen LogP contribution in [-0.2, 0) is 23.5 Å². The first-order valence-corrected chi connectivity index (χ1v) is 9.02. The van der Waals surface area contributed by atoms with Crippen molar-refractivity contribution in [3.05, 3.63) is 58.1 Å². The normalized spacial score (nSPS) is 11.8. The van der Waals surface area contributed by atoms with Crippen molar-refractivity contribution in [1.29, 1.82) is 0 Å². The number of anilines is 1. The molecule has 0 saturated carbocycles. The van der Waals surface area contributed by atoms with Gasteiger partial charge in [0.25, 0.3) is 10.0 Å². The summed E-state index contributed by atoms with van der Waals surface area (Å²) in [4.78, 5) is 11.7. The second-order valence-corrected chi connectivity index (χ2v) is 7.32. The number of nitrogens with one attached hydrogen (secondary N) is 1. The van der Waals surface area contributed by atoms with E-state index in [9.17, 15) is 13.2 Å². The third-order valence-corrected chi connectivity index (χ3v) is 5.52. The van der Waals surface area contributed by atoms with E-state index >= 15 is 0 Å². The number of nitrogens with zero attached hydrogens (tertiary/aromatic N) is 1. The Morgan fingerprint density at radius 1 is 1.17 bits per heavy atom. The minimum Gasteiger partial charge on any atom is -0.408 e. The summed E-state index contributed by atoms with van der Waals surface area (Å²) in [6, 6.07) is 10.2. The van der Waals surface area contributed by atoms with E-state index in [0.29, 0.717) is 16.8 Å². The van der Waals surface area contributed by atoms with Gasteiger partial charge in [-0.3, -0.25) is 9.29 Å². The van der Waals surface area contributed by atoms with E-state index in [1.165, 1.54) is 10.6 Å². The highest BCUT2D eigenvalue weighted by atomic mass is 32.2. The predicted octanol–water partition coefficient (Wildman–Crippen LogP) is 2.80. The molecule has 0 unspecified atom stereocenters. The minimum atomic E-state index is -3.78. The SMILES string of the molecule is CCc1ccc(NS(=O)(=O)c2cc3oc(=O)n(C)c3cc2C)cc1. The Labute approximate surface area is 139 Å². The minimum absolute atomic E-state index is 0.0870.